The summed E-state index contributed by atoms with van der Waals surface area (Å²) >= 11 is 3.68. The van der Waals surface area contributed by atoms with Crippen LogP contribution in [0.1, 0.15) is 58.3 Å². The van der Waals surface area contributed by atoms with Gasteiger partial charge in [0.25, 0.3) is 0 Å². The average Bonchev–Trinajstić information content (AvgIpc) is 3.45. The Labute approximate surface area is 223 Å². The fraction of sp³-hybridized carbons (Fsp3) is 0.741. The first-order valence-corrected chi connectivity index (χ1v) is 14.2. The van der Waals surface area contributed by atoms with Crippen LogP contribution in [0.2, 0.25) is 0 Å². The average molecular weight is 570 g/mol. The molecule has 3 heterocycles. The first-order valence-electron chi connectivity index (χ1n) is 13.3. The SMILES string of the molecule is C=CCCCCOC(=O)[C@H]1[C@@H]2OC3(CC2Br)C(C(=O)N(CC=C)CCCC)N(CCCCO)C(=O)[C@H]13. The van der Waals surface area contributed by atoms with Gasteiger partial charge in [0.2, 0.25) is 11.8 Å². The number of aliphatic hydroxyl groups excluding tert-OH is 1. The lowest BCUT2D eigenvalue weighted by molar-refractivity contribution is -0.155. The number of esters is 1. The molecule has 8 nitrogen and oxygen atoms in total. The van der Waals surface area contributed by atoms with Gasteiger partial charge in [-0.05, 0) is 44.9 Å². The summed E-state index contributed by atoms with van der Waals surface area (Å²) in [7, 11) is 0. The molecule has 202 valence electrons. The Morgan fingerprint density at radius 2 is 2.03 bits per heavy atom. The van der Waals surface area contributed by atoms with Crippen LogP contribution in [0, 0.1) is 11.8 Å². The van der Waals surface area contributed by atoms with E-state index in [2.05, 4.69) is 36.0 Å². The highest BCUT2D eigenvalue weighted by molar-refractivity contribution is 9.09. The Morgan fingerprint density at radius 1 is 1.25 bits per heavy atom. The van der Waals surface area contributed by atoms with Crippen molar-refractivity contribution in [1.82, 2.24) is 9.80 Å². The fourth-order valence-corrected chi connectivity index (χ4v) is 6.88. The van der Waals surface area contributed by atoms with Gasteiger partial charge in [-0.15, -0.1) is 13.2 Å². The van der Waals surface area contributed by atoms with Crippen molar-refractivity contribution in [2.45, 2.75) is 80.9 Å². The van der Waals surface area contributed by atoms with Crippen LogP contribution >= 0.6 is 15.9 Å². The van der Waals surface area contributed by atoms with E-state index in [1.807, 2.05) is 6.08 Å². The van der Waals surface area contributed by atoms with Crippen molar-refractivity contribution in [1.29, 1.82) is 0 Å². The number of aliphatic hydroxyl groups is 1. The molecule has 3 rings (SSSR count). The van der Waals surface area contributed by atoms with Crippen molar-refractivity contribution in [3.63, 3.8) is 0 Å². The number of unbranched alkanes of at least 4 members (excludes halogenated alkanes) is 4. The molecular weight excluding hydrogens is 528 g/mol. The first-order chi connectivity index (χ1) is 17.4. The Morgan fingerprint density at radius 3 is 2.69 bits per heavy atom. The highest BCUT2D eigenvalue weighted by atomic mass is 79.9. The van der Waals surface area contributed by atoms with Crippen molar-refractivity contribution < 1.29 is 29.0 Å². The monoisotopic (exact) mass is 568 g/mol. The van der Waals surface area contributed by atoms with E-state index in [0.29, 0.717) is 38.9 Å². The molecule has 2 bridgehead atoms. The van der Waals surface area contributed by atoms with Gasteiger partial charge in [-0.2, -0.15) is 0 Å². The minimum absolute atomic E-state index is 0.0111. The third kappa shape index (κ3) is 5.58. The van der Waals surface area contributed by atoms with Crippen molar-refractivity contribution in [3.05, 3.63) is 25.3 Å². The summed E-state index contributed by atoms with van der Waals surface area (Å²) in [4.78, 5) is 44.4. The second-order valence-electron chi connectivity index (χ2n) is 10.0. The van der Waals surface area contributed by atoms with E-state index in [1.165, 1.54) is 0 Å². The first kappa shape index (κ1) is 28.9. The minimum Gasteiger partial charge on any atom is -0.465 e. The summed E-state index contributed by atoms with van der Waals surface area (Å²) in [5, 5.41) is 9.30. The number of likely N-dealkylation sites (tertiary alicyclic amines) is 1. The van der Waals surface area contributed by atoms with Gasteiger partial charge in [0, 0.05) is 31.1 Å². The van der Waals surface area contributed by atoms with Crippen molar-refractivity contribution in [2.75, 3.05) is 32.8 Å². The molecule has 3 saturated heterocycles. The predicted molar refractivity (Wildman–Crippen MR) is 140 cm³/mol. The summed E-state index contributed by atoms with van der Waals surface area (Å²) < 4.78 is 12.1. The number of allylic oxidation sites excluding steroid dienone is 1. The standard InChI is InChI=1S/C27H41BrN2O6/c1-4-7-9-12-17-35-26(34)20-21-24(32)30(15-10-11-16-31)23(27(21)18-19(28)22(20)36-27)25(33)29(13-6-3)14-8-5-2/h4,6,19-23,31H,1,3,5,7-18H2,2H3/t19?,20-,21+,22-,23?,27?/m1/s1. The summed E-state index contributed by atoms with van der Waals surface area (Å²) in [5.74, 6) is -2.33. The molecule has 1 N–H and O–H groups in total. The van der Waals surface area contributed by atoms with E-state index in [-0.39, 0.29) is 29.9 Å². The van der Waals surface area contributed by atoms with Crippen LogP contribution < -0.4 is 0 Å². The number of alkyl halides is 1. The molecule has 6 atom stereocenters. The number of hydrogen-bond acceptors (Lipinski definition) is 6. The molecule has 0 aliphatic carbocycles. The molecule has 2 amide bonds. The largest absolute Gasteiger partial charge is 0.465 e. The molecule has 0 aromatic rings. The molecule has 3 unspecified atom stereocenters. The summed E-state index contributed by atoms with van der Waals surface area (Å²) in [6.07, 6.45) is 8.79. The van der Waals surface area contributed by atoms with E-state index in [1.54, 1.807) is 15.9 Å². The van der Waals surface area contributed by atoms with Gasteiger partial charge in [-0.25, -0.2) is 0 Å². The second kappa shape index (κ2) is 13.2. The molecule has 0 aromatic carbocycles. The van der Waals surface area contributed by atoms with E-state index in [9.17, 15) is 19.5 Å². The number of rotatable bonds is 16. The summed E-state index contributed by atoms with van der Waals surface area (Å²) in [5.41, 5.74) is -1.08. The molecule has 36 heavy (non-hydrogen) atoms. The van der Waals surface area contributed by atoms with Gasteiger partial charge in [0.15, 0.2) is 0 Å². The number of hydrogen-bond donors (Lipinski definition) is 1. The fourth-order valence-electron chi connectivity index (χ4n) is 5.94. The van der Waals surface area contributed by atoms with Gasteiger partial charge in [-0.1, -0.05) is 41.4 Å². The number of halogens is 1. The maximum Gasteiger partial charge on any atom is 0.312 e. The minimum atomic E-state index is -1.08. The van der Waals surface area contributed by atoms with E-state index < -0.39 is 35.6 Å². The van der Waals surface area contributed by atoms with E-state index in [0.717, 1.165) is 32.1 Å². The maximum absolute atomic E-state index is 14.0. The Balaban J connectivity index is 1.90. The van der Waals surface area contributed by atoms with Gasteiger partial charge in [0.1, 0.15) is 11.6 Å². The van der Waals surface area contributed by atoms with Crippen molar-refractivity contribution in [2.24, 2.45) is 11.8 Å². The van der Waals surface area contributed by atoms with Gasteiger partial charge >= 0.3 is 5.97 Å². The number of fused-ring (bicyclic) bond motifs is 1. The highest BCUT2D eigenvalue weighted by Crippen LogP contribution is 2.60. The molecule has 1 spiro atoms. The van der Waals surface area contributed by atoms with Crippen molar-refractivity contribution >= 4 is 33.7 Å². The lowest BCUT2D eigenvalue weighted by atomic mass is 9.70. The molecule has 3 aliphatic heterocycles. The Kier molecular flexibility index (Phi) is 10.6. The summed E-state index contributed by atoms with van der Waals surface area (Å²) in [6, 6.07) is -0.819. The predicted octanol–water partition coefficient (Wildman–Crippen LogP) is 3.22. The van der Waals surface area contributed by atoms with E-state index >= 15 is 0 Å². The van der Waals surface area contributed by atoms with Crippen LogP contribution in [0.15, 0.2) is 25.3 Å². The lowest BCUT2D eigenvalue weighted by Gasteiger charge is -2.37. The third-order valence-electron chi connectivity index (χ3n) is 7.59. The number of ether oxygens (including phenoxy) is 2. The van der Waals surface area contributed by atoms with Crippen LogP contribution in [-0.2, 0) is 23.9 Å². The second-order valence-corrected chi connectivity index (χ2v) is 11.2. The topological polar surface area (TPSA) is 96.4 Å². The molecule has 9 heteroatoms. The molecule has 0 radical (unpaired) electrons. The van der Waals surface area contributed by atoms with Crippen LogP contribution in [0.3, 0.4) is 0 Å². The van der Waals surface area contributed by atoms with Crippen LogP contribution in [0.25, 0.3) is 0 Å². The zero-order valence-corrected chi connectivity index (χ0v) is 23.0. The highest BCUT2D eigenvalue weighted by Gasteiger charge is 2.77. The zero-order chi connectivity index (χ0) is 26.3. The van der Waals surface area contributed by atoms with Crippen LogP contribution in [0.5, 0.6) is 0 Å². The number of amides is 2. The number of carbonyl (C=O) groups excluding carboxylic acids is 3. The van der Waals surface area contributed by atoms with Gasteiger partial charge < -0.3 is 24.4 Å². The molecule has 3 aliphatic rings. The molecule has 0 aromatic heterocycles. The summed E-state index contributed by atoms with van der Waals surface area (Å²) in [6.45, 7) is 11.1. The Bertz CT molecular complexity index is 822. The number of carbonyl (C=O) groups is 3. The maximum atomic E-state index is 14.0. The normalized spacial score (nSPS) is 30.4. The Hall–Kier alpha value is -1.71. The lowest BCUT2D eigenvalue weighted by Crippen LogP contribution is -2.57. The molecule has 3 fully saturated rings. The smallest absolute Gasteiger partial charge is 0.312 e. The number of nitrogens with zero attached hydrogens (tertiary/aromatic N) is 2. The van der Waals surface area contributed by atoms with E-state index in [4.69, 9.17) is 9.47 Å². The van der Waals surface area contributed by atoms with Crippen molar-refractivity contribution in [3.8, 4) is 0 Å². The zero-order valence-electron chi connectivity index (χ0n) is 21.4. The quantitative estimate of drug-likeness (QED) is 0.133. The molecular formula is C27H41BrN2O6. The third-order valence-corrected chi connectivity index (χ3v) is 8.44. The van der Waals surface area contributed by atoms with Gasteiger partial charge in [0.05, 0.1) is 24.5 Å². The van der Waals surface area contributed by atoms with Gasteiger partial charge in [-0.3, -0.25) is 14.4 Å². The van der Waals surface area contributed by atoms with Crippen LogP contribution in [0.4, 0.5) is 0 Å². The molecule has 0 saturated carbocycles. The van der Waals surface area contributed by atoms with Crippen LogP contribution in [-0.4, -0.2) is 88.1 Å².